The average molecular weight is 494 g/mol. The summed E-state index contributed by atoms with van der Waals surface area (Å²) in [6, 6.07) is 8.13. The molecule has 32 heavy (non-hydrogen) atoms. The molecule has 3 heterocycles. The molecule has 0 atom stereocenters. The summed E-state index contributed by atoms with van der Waals surface area (Å²) in [5, 5.41) is 0.730. The number of benzene rings is 2. The number of piperazine rings is 1. The molecule has 0 N–H and O–H groups in total. The number of carbonyl (C=O) groups is 2. The number of rotatable bonds is 3. The summed E-state index contributed by atoms with van der Waals surface area (Å²) in [5.74, 6) is -0.159. The van der Waals surface area contributed by atoms with Crippen LogP contribution in [0.1, 0.15) is 27.9 Å². The highest BCUT2D eigenvalue weighted by Crippen LogP contribution is 2.39. The van der Waals surface area contributed by atoms with Gasteiger partial charge in [-0.2, -0.15) is 4.31 Å². The van der Waals surface area contributed by atoms with Gasteiger partial charge in [-0.1, -0.05) is 23.2 Å². The quantitative estimate of drug-likeness (QED) is 0.658. The second-order valence-electron chi connectivity index (χ2n) is 8.21. The van der Waals surface area contributed by atoms with Crippen molar-refractivity contribution in [3.8, 4) is 0 Å². The Bertz CT molecular complexity index is 1240. The van der Waals surface area contributed by atoms with Crippen molar-refractivity contribution in [2.75, 3.05) is 37.6 Å². The van der Waals surface area contributed by atoms with Crippen molar-refractivity contribution in [3.63, 3.8) is 0 Å². The lowest BCUT2D eigenvalue weighted by atomic mass is 10.00. The van der Waals surface area contributed by atoms with Crippen LogP contribution in [0, 0.1) is 0 Å². The van der Waals surface area contributed by atoms with Gasteiger partial charge in [0.2, 0.25) is 15.9 Å². The van der Waals surface area contributed by atoms with E-state index < -0.39 is 10.0 Å². The molecule has 2 aromatic rings. The molecule has 3 aliphatic heterocycles. The molecule has 0 saturated carbocycles. The number of sulfonamides is 1. The Morgan fingerprint density at radius 3 is 2.28 bits per heavy atom. The Hall–Kier alpha value is -2.13. The zero-order valence-electron chi connectivity index (χ0n) is 17.2. The highest BCUT2D eigenvalue weighted by Gasteiger charge is 2.35. The summed E-state index contributed by atoms with van der Waals surface area (Å²) in [6.07, 6.45) is 1.63. The van der Waals surface area contributed by atoms with Crippen molar-refractivity contribution in [3.05, 3.63) is 57.1 Å². The Balaban J connectivity index is 1.34. The van der Waals surface area contributed by atoms with Crippen LogP contribution >= 0.6 is 23.2 Å². The lowest BCUT2D eigenvalue weighted by Crippen LogP contribution is -2.50. The van der Waals surface area contributed by atoms with E-state index in [9.17, 15) is 18.0 Å². The molecular weight excluding hydrogens is 473 g/mol. The van der Waals surface area contributed by atoms with Crippen molar-refractivity contribution in [2.24, 2.45) is 0 Å². The third-order valence-electron chi connectivity index (χ3n) is 6.35. The maximum atomic E-state index is 13.4. The molecule has 1 saturated heterocycles. The van der Waals surface area contributed by atoms with E-state index in [1.165, 1.54) is 10.4 Å². The molecule has 168 valence electrons. The molecule has 0 unspecified atom stereocenters. The van der Waals surface area contributed by atoms with Crippen molar-refractivity contribution >= 4 is 50.7 Å². The molecule has 2 aromatic carbocycles. The van der Waals surface area contributed by atoms with Crippen LogP contribution < -0.4 is 4.90 Å². The van der Waals surface area contributed by atoms with Gasteiger partial charge in [0.15, 0.2) is 0 Å². The van der Waals surface area contributed by atoms with Crippen molar-refractivity contribution in [1.29, 1.82) is 0 Å². The van der Waals surface area contributed by atoms with E-state index in [1.54, 1.807) is 34.1 Å². The molecule has 0 radical (unpaired) electrons. The van der Waals surface area contributed by atoms with Crippen LogP contribution in [0.4, 0.5) is 5.69 Å². The van der Waals surface area contributed by atoms with Crippen LogP contribution in [0.3, 0.4) is 0 Å². The normalized spacial score (nSPS) is 18.8. The predicted molar refractivity (Wildman–Crippen MR) is 122 cm³/mol. The summed E-state index contributed by atoms with van der Waals surface area (Å²) in [7, 11) is -3.71. The zero-order valence-corrected chi connectivity index (χ0v) is 19.5. The first kappa shape index (κ1) is 21.7. The fourth-order valence-corrected chi connectivity index (χ4v) is 6.58. The number of anilines is 1. The van der Waals surface area contributed by atoms with Gasteiger partial charge in [-0.05, 0) is 54.3 Å². The zero-order chi connectivity index (χ0) is 22.6. The number of amides is 2. The van der Waals surface area contributed by atoms with E-state index in [0.29, 0.717) is 41.4 Å². The van der Waals surface area contributed by atoms with E-state index in [0.717, 1.165) is 16.8 Å². The Labute approximate surface area is 196 Å². The van der Waals surface area contributed by atoms with Crippen LogP contribution in [0.2, 0.25) is 10.0 Å². The minimum atomic E-state index is -3.71. The minimum absolute atomic E-state index is 0.104. The monoisotopic (exact) mass is 493 g/mol. The van der Waals surface area contributed by atoms with E-state index in [1.807, 2.05) is 0 Å². The minimum Gasteiger partial charge on any atom is -0.336 e. The number of hydrogen-bond acceptors (Lipinski definition) is 4. The predicted octanol–water partition coefficient (Wildman–Crippen LogP) is 2.98. The van der Waals surface area contributed by atoms with Crippen LogP contribution in [-0.4, -0.2) is 62.2 Å². The molecule has 0 aromatic heterocycles. The Morgan fingerprint density at radius 1 is 0.875 bits per heavy atom. The molecular formula is C22H21Cl2N3O4S. The van der Waals surface area contributed by atoms with E-state index in [4.69, 9.17) is 23.2 Å². The number of hydrogen-bond donors (Lipinski definition) is 0. The Morgan fingerprint density at radius 2 is 1.56 bits per heavy atom. The lowest BCUT2D eigenvalue weighted by molar-refractivity contribution is -0.118. The topological polar surface area (TPSA) is 78.0 Å². The molecule has 1 fully saturated rings. The van der Waals surface area contributed by atoms with Gasteiger partial charge in [0.05, 0.1) is 21.2 Å². The molecule has 3 aliphatic rings. The maximum Gasteiger partial charge on any atom is 0.255 e. The van der Waals surface area contributed by atoms with Crippen LogP contribution in [-0.2, 0) is 27.7 Å². The highest BCUT2D eigenvalue weighted by atomic mass is 35.5. The van der Waals surface area contributed by atoms with E-state index in [-0.39, 0.29) is 42.9 Å². The summed E-state index contributed by atoms with van der Waals surface area (Å²) >= 11 is 12.2. The van der Waals surface area contributed by atoms with Gasteiger partial charge < -0.3 is 9.80 Å². The molecule has 2 amide bonds. The van der Waals surface area contributed by atoms with Crippen molar-refractivity contribution in [2.45, 2.75) is 24.2 Å². The van der Waals surface area contributed by atoms with Crippen LogP contribution in [0.5, 0.6) is 0 Å². The van der Waals surface area contributed by atoms with Crippen molar-refractivity contribution in [1.82, 2.24) is 9.21 Å². The molecule has 0 aliphatic carbocycles. The van der Waals surface area contributed by atoms with Gasteiger partial charge in [-0.25, -0.2) is 8.42 Å². The summed E-state index contributed by atoms with van der Waals surface area (Å²) in [6.45, 7) is 1.53. The number of carbonyl (C=O) groups excluding carboxylic acids is 2. The smallest absolute Gasteiger partial charge is 0.255 e. The van der Waals surface area contributed by atoms with E-state index in [2.05, 4.69) is 0 Å². The van der Waals surface area contributed by atoms with Crippen LogP contribution in [0.15, 0.2) is 35.2 Å². The summed E-state index contributed by atoms with van der Waals surface area (Å²) in [4.78, 5) is 28.6. The summed E-state index contributed by atoms with van der Waals surface area (Å²) in [5.41, 5.74) is 3.04. The van der Waals surface area contributed by atoms with Gasteiger partial charge >= 0.3 is 0 Å². The fraction of sp³-hybridized carbons (Fsp3) is 0.364. The first-order chi connectivity index (χ1) is 15.3. The largest absolute Gasteiger partial charge is 0.336 e. The van der Waals surface area contributed by atoms with Gasteiger partial charge in [-0.15, -0.1) is 0 Å². The first-order valence-electron chi connectivity index (χ1n) is 10.5. The molecule has 0 spiro atoms. The maximum absolute atomic E-state index is 13.4. The molecule has 7 nitrogen and oxygen atoms in total. The molecule has 10 heteroatoms. The Kier molecular flexibility index (Phi) is 5.44. The third-order valence-corrected chi connectivity index (χ3v) is 8.79. The third kappa shape index (κ3) is 3.59. The molecule has 5 rings (SSSR count). The fourth-order valence-electron chi connectivity index (χ4n) is 4.69. The van der Waals surface area contributed by atoms with Gasteiger partial charge in [0.25, 0.3) is 5.91 Å². The second-order valence-corrected chi connectivity index (χ2v) is 11.0. The first-order valence-corrected chi connectivity index (χ1v) is 12.7. The second kappa shape index (κ2) is 8.02. The van der Waals surface area contributed by atoms with Gasteiger partial charge in [0.1, 0.15) is 0 Å². The SMILES string of the molecule is O=C(c1cc(Cl)ccc1Cl)N1CCN(S(=O)(=O)c2cc3c4c(c2)CCN4C(=O)CC3)CC1. The van der Waals surface area contributed by atoms with Crippen LogP contribution in [0.25, 0.3) is 0 Å². The standard InChI is InChI=1S/C22H21Cl2N3O4S/c23-16-2-3-19(24)18(13-16)22(29)25-7-9-26(10-8-25)32(30,31)17-11-14-1-4-20(28)27-6-5-15(12-17)21(14)27/h2-3,11-13H,1,4-10H2. The average Bonchev–Trinajstić information content (AvgIpc) is 3.23. The van der Waals surface area contributed by atoms with Gasteiger partial charge in [0, 0.05) is 44.2 Å². The molecule has 0 bridgehead atoms. The number of halogens is 2. The number of nitrogens with zero attached hydrogens (tertiary/aromatic N) is 3. The van der Waals surface area contributed by atoms with Crippen molar-refractivity contribution < 1.29 is 18.0 Å². The highest BCUT2D eigenvalue weighted by molar-refractivity contribution is 7.89. The number of aryl methyl sites for hydroxylation is 1. The summed E-state index contributed by atoms with van der Waals surface area (Å²) < 4.78 is 28.2. The van der Waals surface area contributed by atoms with Gasteiger partial charge in [-0.3, -0.25) is 9.59 Å². The van der Waals surface area contributed by atoms with E-state index >= 15 is 0 Å². The lowest BCUT2D eigenvalue weighted by Gasteiger charge is -2.34.